The molecule has 0 aliphatic heterocycles. The third-order valence-corrected chi connectivity index (χ3v) is 5.28. The van der Waals surface area contributed by atoms with E-state index in [1.165, 1.54) is 11.3 Å². The zero-order chi connectivity index (χ0) is 20.9. The van der Waals surface area contributed by atoms with E-state index in [0.717, 1.165) is 11.1 Å². The van der Waals surface area contributed by atoms with Gasteiger partial charge in [0.05, 0.1) is 6.61 Å². The molecule has 0 atom stereocenters. The number of esters is 1. The van der Waals surface area contributed by atoms with Crippen molar-refractivity contribution in [3.8, 4) is 22.5 Å². The van der Waals surface area contributed by atoms with Crippen molar-refractivity contribution in [1.82, 2.24) is 5.16 Å². The van der Waals surface area contributed by atoms with Crippen molar-refractivity contribution in [3.63, 3.8) is 0 Å². The number of ether oxygens (including phenoxy) is 1. The molecule has 0 unspecified atom stereocenters. The van der Waals surface area contributed by atoms with Crippen LogP contribution in [-0.2, 0) is 4.74 Å². The van der Waals surface area contributed by atoms with E-state index in [-0.39, 0.29) is 12.3 Å². The quantitative estimate of drug-likeness (QED) is 0.418. The van der Waals surface area contributed by atoms with Gasteiger partial charge in [-0.3, -0.25) is 4.79 Å². The Morgan fingerprint density at radius 1 is 1.03 bits per heavy atom. The molecule has 2 heterocycles. The standard InChI is InChI=1S/C23H18N2O4S/c1-2-28-23(27)20-17(15-9-5-3-6-10-15)14-30-22(20)24-21(26)18-13-19(29-25-18)16-11-7-4-8-12-16/h3-14H,2H2,1H3,(H,24,26). The Bertz CT molecular complexity index is 1170. The minimum atomic E-state index is -0.488. The molecular weight excluding hydrogens is 400 g/mol. The Kier molecular flexibility index (Phi) is 5.72. The average Bonchev–Trinajstić information content (AvgIpc) is 3.43. The van der Waals surface area contributed by atoms with Gasteiger partial charge in [0.2, 0.25) is 0 Å². The highest BCUT2D eigenvalue weighted by Crippen LogP contribution is 2.36. The maximum Gasteiger partial charge on any atom is 0.341 e. The molecule has 1 amide bonds. The van der Waals surface area contributed by atoms with Gasteiger partial charge in [0.25, 0.3) is 5.91 Å². The fourth-order valence-corrected chi connectivity index (χ4v) is 3.93. The third kappa shape index (κ3) is 4.01. The second-order valence-electron chi connectivity index (χ2n) is 6.34. The number of thiophene rings is 1. The van der Waals surface area contributed by atoms with Crippen molar-refractivity contribution in [2.45, 2.75) is 6.92 Å². The number of benzene rings is 2. The molecule has 0 aliphatic rings. The molecule has 0 aliphatic carbocycles. The Morgan fingerprint density at radius 3 is 2.37 bits per heavy atom. The molecule has 6 nitrogen and oxygen atoms in total. The Morgan fingerprint density at radius 2 is 1.70 bits per heavy atom. The first-order chi connectivity index (χ1) is 14.7. The lowest BCUT2D eigenvalue weighted by Crippen LogP contribution is -2.15. The molecular formula is C23H18N2O4S. The molecule has 150 valence electrons. The maximum absolute atomic E-state index is 12.8. The van der Waals surface area contributed by atoms with Gasteiger partial charge in [-0.25, -0.2) is 4.79 Å². The highest BCUT2D eigenvalue weighted by atomic mass is 32.1. The summed E-state index contributed by atoms with van der Waals surface area (Å²) in [5, 5.41) is 8.88. The number of carbonyl (C=O) groups is 2. The van der Waals surface area contributed by atoms with Crippen LogP contribution >= 0.6 is 11.3 Å². The van der Waals surface area contributed by atoms with Crippen LogP contribution in [0.3, 0.4) is 0 Å². The van der Waals surface area contributed by atoms with E-state index in [9.17, 15) is 9.59 Å². The predicted molar refractivity (Wildman–Crippen MR) is 116 cm³/mol. The Labute approximate surface area is 177 Å². The van der Waals surface area contributed by atoms with E-state index < -0.39 is 11.9 Å². The molecule has 30 heavy (non-hydrogen) atoms. The van der Waals surface area contributed by atoms with Crippen LogP contribution in [0.4, 0.5) is 5.00 Å². The number of carbonyl (C=O) groups excluding carboxylic acids is 2. The first kappa shape index (κ1) is 19.6. The van der Waals surface area contributed by atoms with E-state index in [1.54, 1.807) is 13.0 Å². The van der Waals surface area contributed by atoms with Crippen LogP contribution in [0.25, 0.3) is 22.5 Å². The largest absolute Gasteiger partial charge is 0.462 e. The molecule has 7 heteroatoms. The van der Waals surface area contributed by atoms with Crippen molar-refractivity contribution < 1.29 is 18.8 Å². The van der Waals surface area contributed by atoms with Gasteiger partial charge < -0.3 is 14.6 Å². The summed E-state index contributed by atoms with van der Waals surface area (Å²) < 4.78 is 10.5. The average molecular weight is 418 g/mol. The zero-order valence-corrected chi connectivity index (χ0v) is 16.9. The molecule has 0 saturated carbocycles. The number of aromatic nitrogens is 1. The number of hydrogen-bond acceptors (Lipinski definition) is 6. The SMILES string of the molecule is CCOC(=O)c1c(-c2ccccc2)csc1NC(=O)c1cc(-c2ccccc2)on1. The number of anilines is 1. The van der Waals surface area contributed by atoms with Crippen LogP contribution in [0.2, 0.25) is 0 Å². The minimum absolute atomic E-state index is 0.123. The van der Waals surface area contributed by atoms with Crippen molar-refractivity contribution in [3.05, 3.63) is 83.4 Å². The smallest absolute Gasteiger partial charge is 0.341 e. The monoisotopic (exact) mass is 418 g/mol. The molecule has 4 aromatic rings. The van der Waals surface area contributed by atoms with Gasteiger partial charge in [-0.1, -0.05) is 65.8 Å². The molecule has 4 rings (SSSR count). The van der Waals surface area contributed by atoms with Crippen molar-refractivity contribution in [2.24, 2.45) is 0 Å². The second kappa shape index (κ2) is 8.75. The fourth-order valence-electron chi connectivity index (χ4n) is 2.97. The van der Waals surface area contributed by atoms with E-state index >= 15 is 0 Å². The zero-order valence-electron chi connectivity index (χ0n) is 16.1. The van der Waals surface area contributed by atoms with Crippen molar-refractivity contribution in [1.29, 1.82) is 0 Å². The molecule has 0 bridgehead atoms. The summed E-state index contributed by atoms with van der Waals surface area (Å²) in [7, 11) is 0. The fraction of sp³-hybridized carbons (Fsp3) is 0.0870. The summed E-state index contributed by atoms with van der Waals surface area (Å²) >= 11 is 1.26. The molecule has 0 fully saturated rings. The summed E-state index contributed by atoms with van der Waals surface area (Å²) in [4.78, 5) is 25.4. The summed E-state index contributed by atoms with van der Waals surface area (Å²) in [6, 6.07) is 20.4. The van der Waals surface area contributed by atoms with Crippen molar-refractivity contribution >= 4 is 28.2 Å². The van der Waals surface area contributed by atoms with Crippen LogP contribution in [0, 0.1) is 0 Å². The van der Waals surface area contributed by atoms with E-state index in [4.69, 9.17) is 9.26 Å². The van der Waals surface area contributed by atoms with Gasteiger partial charge in [0.1, 0.15) is 10.6 Å². The maximum atomic E-state index is 12.8. The van der Waals surface area contributed by atoms with Gasteiger partial charge in [0.15, 0.2) is 11.5 Å². The Hall–Kier alpha value is -3.71. The number of nitrogens with zero attached hydrogens (tertiary/aromatic N) is 1. The van der Waals surface area contributed by atoms with Gasteiger partial charge in [0, 0.05) is 22.6 Å². The third-order valence-electron chi connectivity index (χ3n) is 4.38. The molecule has 2 aromatic heterocycles. The lowest BCUT2D eigenvalue weighted by molar-refractivity contribution is 0.0529. The molecule has 0 spiro atoms. The molecule has 1 N–H and O–H groups in total. The lowest BCUT2D eigenvalue weighted by Gasteiger charge is -2.08. The van der Waals surface area contributed by atoms with Gasteiger partial charge in [-0.2, -0.15) is 0 Å². The normalized spacial score (nSPS) is 10.6. The first-order valence-electron chi connectivity index (χ1n) is 9.35. The summed E-state index contributed by atoms with van der Waals surface area (Å²) in [6.07, 6.45) is 0. The van der Waals surface area contributed by atoms with Crippen molar-refractivity contribution in [2.75, 3.05) is 11.9 Å². The summed E-state index contributed by atoms with van der Waals surface area (Å²) in [5.41, 5.74) is 2.84. The lowest BCUT2D eigenvalue weighted by atomic mass is 10.0. The highest BCUT2D eigenvalue weighted by molar-refractivity contribution is 7.15. The van der Waals surface area contributed by atoms with Crippen LogP contribution in [0.1, 0.15) is 27.8 Å². The summed E-state index contributed by atoms with van der Waals surface area (Å²) in [6.45, 7) is 1.98. The summed E-state index contributed by atoms with van der Waals surface area (Å²) in [5.74, 6) is -0.464. The second-order valence-corrected chi connectivity index (χ2v) is 7.22. The molecule has 0 saturated heterocycles. The first-order valence-corrected chi connectivity index (χ1v) is 10.2. The highest BCUT2D eigenvalue weighted by Gasteiger charge is 2.24. The van der Waals surface area contributed by atoms with E-state index in [1.807, 2.05) is 66.0 Å². The Balaban J connectivity index is 1.63. The topological polar surface area (TPSA) is 81.4 Å². The minimum Gasteiger partial charge on any atom is -0.462 e. The van der Waals surface area contributed by atoms with E-state index in [2.05, 4.69) is 10.5 Å². The van der Waals surface area contributed by atoms with Gasteiger partial charge in [-0.05, 0) is 12.5 Å². The van der Waals surface area contributed by atoms with E-state index in [0.29, 0.717) is 21.9 Å². The number of hydrogen-bond donors (Lipinski definition) is 1. The van der Waals surface area contributed by atoms with Crippen LogP contribution in [0.15, 0.2) is 76.6 Å². The number of nitrogens with one attached hydrogen (secondary N) is 1. The molecule has 0 radical (unpaired) electrons. The van der Waals surface area contributed by atoms with Crippen LogP contribution in [0.5, 0.6) is 0 Å². The predicted octanol–water partition coefficient (Wildman–Crippen LogP) is 5.50. The number of amides is 1. The molecule has 2 aromatic carbocycles. The van der Waals surface area contributed by atoms with Crippen LogP contribution in [-0.4, -0.2) is 23.6 Å². The van der Waals surface area contributed by atoms with Gasteiger partial charge >= 0.3 is 5.97 Å². The van der Waals surface area contributed by atoms with Crippen LogP contribution < -0.4 is 5.32 Å². The number of rotatable bonds is 6. The van der Waals surface area contributed by atoms with Gasteiger partial charge in [-0.15, -0.1) is 11.3 Å².